The molecule has 0 spiro atoms. The molecular formula is C11H17N3OS. The van der Waals surface area contributed by atoms with Crippen LogP contribution in [-0.4, -0.2) is 35.4 Å². The number of thiazole rings is 1. The number of carbonyl (C=O) groups excluding carboxylic acids is 1. The molecule has 2 heterocycles. The summed E-state index contributed by atoms with van der Waals surface area (Å²) in [6, 6.07) is 0. The Hall–Kier alpha value is -0.940. The molecule has 16 heavy (non-hydrogen) atoms. The number of nitrogens with two attached hydrogens (primary N) is 1. The van der Waals surface area contributed by atoms with Crippen molar-refractivity contribution in [3.63, 3.8) is 0 Å². The standard InChI is InChI=1S/C11H17N3OS/c1-2-6-14-7-4-8-10(11(14)15)16-9(13-8)3-5-12/h2-7,12H2,1H3. The summed E-state index contributed by atoms with van der Waals surface area (Å²) in [7, 11) is 0. The summed E-state index contributed by atoms with van der Waals surface area (Å²) < 4.78 is 0. The minimum absolute atomic E-state index is 0.156. The van der Waals surface area contributed by atoms with Crippen molar-refractivity contribution in [2.75, 3.05) is 19.6 Å². The monoisotopic (exact) mass is 239 g/mol. The lowest BCUT2D eigenvalue weighted by Gasteiger charge is -2.25. The van der Waals surface area contributed by atoms with Crippen LogP contribution in [0.4, 0.5) is 0 Å². The van der Waals surface area contributed by atoms with Crippen LogP contribution in [0, 0.1) is 0 Å². The predicted molar refractivity (Wildman–Crippen MR) is 64.8 cm³/mol. The second kappa shape index (κ2) is 4.93. The normalized spacial score (nSPS) is 15.4. The highest BCUT2D eigenvalue weighted by atomic mass is 32.1. The van der Waals surface area contributed by atoms with E-state index < -0.39 is 0 Å². The van der Waals surface area contributed by atoms with Crippen LogP contribution < -0.4 is 5.73 Å². The van der Waals surface area contributed by atoms with E-state index in [0.717, 1.165) is 47.9 Å². The van der Waals surface area contributed by atoms with Crippen molar-refractivity contribution in [2.24, 2.45) is 5.73 Å². The van der Waals surface area contributed by atoms with Crippen LogP contribution in [0.3, 0.4) is 0 Å². The number of hydrogen-bond donors (Lipinski definition) is 1. The van der Waals surface area contributed by atoms with Gasteiger partial charge in [0, 0.05) is 25.9 Å². The Labute approximate surface area is 99.5 Å². The third-order valence-corrected chi connectivity index (χ3v) is 3.84. The van der Waals surface area contributed by atoms with E-state index in [0.29, 0.717) is 6.54 Å². The Bertz CT molecular complexity index is 389. The van der Waals surface area contributed by atoms with E-state index in [1.54, 1.807) is 0 Å². The molecule has 88 valence electrons. The summed E-state index contributed by atoms with van der Waals surface area (Å²) in [6.45, 7) is 4.35. The van der Waals surface area contributed by atoms with Crippen molar-refractivity contribution in [3.05, 3.63) is 15.6 Å². The van der Waals surface area contributed by atoms with E-state index in [2.05, 4.69) is 11.9 Å². The summed E-state index contributed by atoms with van der Waals surface area (Å²) in [4.78, 5) is 19.3. The highest BCUT2D eigenvalue weighted by Crippen LogP contribution is 2.25. The number of rotatable bonds is 4. The van der Waals surface area contributed by atoms with Crippen molar-refractivity contribution in [3.8, 4) is 0 Å². The molecule has 0 atom stereocenters. The Balaban J connectivity index is 2.20. The van der Waals surface area contributed by atoms with Gasteiger partial charge in [-0.05, 0) is 13.0 Å². The van der Waals surface area contributed by atoms with Gasteiger partial charge in [-0.2, -0.15) is 0 Å². The molecule has 0 radical (unpaired) electrons. The molecule has 4 nitrogen and oxygen atoms in total. The van der Waals surface area contributed by atoms with Crippen LogP contribution >= 0.6 is 11.3 Å². The number of amides is 1. The van der Waals surface area contributed by atoms with E-state index in [4.69, 9.17) is 5.73 Å². The number of hydrogen-bond acceptors (Lipinski definition) is 4. The molecule has 0 saturated heterocycles. The fourth-order valence-electron chi connectivity index (χ4n) is 1.94. The smallest absolute Gasteiger partial charge is 0.265 e. The molecule has 0 fully saturated rings. The number of carbonyl (C=O) groups is 1. The van der Waals surface area contributed by atoms with Crippen molar-refractivity contribution in [1.29, 1.82) is 0 Å². The summed E-state index contributed by atoms with van der Waals surface area (Å²) in [5.74, 6) is 0.156. The largest absolute Gasteiger partial charge is 0.338 e. The number of nitrogens with zero attached hydrogens (tertiary/aromatic N) is 2. The van der Waals surface area contributed by atoms with Crippen LogP contribution in [-0.2, 0) is 12.8 Å². The van der Waals surface area contributed by atoms with Crippen molar-refractivity contribution in [2.45, 2.75) is 26.2 Å². The molecular weight excluding hydrogens is 222 g/mol. The first-order valence-electron chi connectivity index (χ1n) is 5.74. The van der Waals surface area contributed by atoms with Gasteiger partial charge in [0.25, 0.3) is 5.91 Å². The number of aromatic nitrogens is 1. The molecule has 1 aliphatic rings. The van der Waals surface area contributed by atoms with E-state index in [1.807, 2.05) is 4.90 Å². The third-order valence-electron chi connectivity index (χ3n) is 2.69. The first kappa shape index (κ1) is 11.5. The summed E-state index contributed by atoms with van der Waals surface area (Å²) >= 11 is 1.52. The quantitative estimate of drug-likeness (QED) is 0.854. The van der Waals surface area contributed by atoms with Crippen LogP contribution in [0.15, 0.2) is 0 Å². The van der Waals surface area contributed by atoms with Crippen molar-refractivity contribution >= 4 is 17.2 Å². The molecule has 0 aliphatic carbocycles. The van der Waals surface area contributed by atoms with Gasteiger partial charge in [0.05, 0.1) is 10.7 Å². The maximum Gasteiger partial charge on any atom is 0.265 e. The molecule has 5 heteroatoms. The molecule has 1 aromatic rings. The van der Waals surface area contributed by atoms with E-state index in [9.17, 15) is 4.79 Å². The lowest BCUT2D eigenvalue weighted by atomic mass is 10.1. The highest BCUT2D eigenvalue weighted by molar-refractivity contribution is 7.13. The fraction of sp³-hybridized carbons (Fsp3) is 0.636. The van der Waals surface area contributed by atoms with Crippen LogP contribution in [0.1, 0.15) is 33.7 Å². The SMILES string of the molecule is CCCN1CCc2nc(CCN)sc2C1=O. The van der Waals surface area contributed by atoms with Gasteiger partial charge in [0.15, 0.2) is 0 Å². The van der Waals surface area contributed by atoms with Crippen LogP contribution in [0.25, 0.3) is 0 Å². The summed E-state index contributed by atoms with van der Waals surface area (Å²) in [6.07, 6.45) is 2.68. The van der Waals surface area contributed by atoms with Gasteiger partial charge in [-0.3, -0.25) is 4.79 Å². The lowest BCUT2D eigenvalue weighted by molar-refractivity contribution is 0.0744. The lowest BCUT2D eigenvalue weighted by Crippen LogP contribution is -2.37. The molecule has 0 unspecified atom stereocenters. The molecule has 0 bridgehead atoms. The van der Waals surface area contributed by atoms with E-state index >= 15 is 0 Å². The van der Waals surface area contributed by atoms with Crippen LogP contribution in [0.5, 0.6) is 0 Å². The Morgan fingerprint density at radius 3 is 3.06 bits per heavy atom. The fourth-order valence-corrected chi connectivity index (χ4v) is 3.03. The first-order chi connectivity index (χ1) is 7.76. The predicted octanol–water partition coefficient (Wildman–Crippen LogP) is 1.05. The second-order valence-corrected chi connectivity index (χ2v) is 5.05. The molecule has 1 amide bonds. The van der Waals surface area contributed by atoms with Gasteiger partial charge >= 0.3 is 0 Å². The summed E-state index contributed by atoms with van der Waals surface area (Å²) in [5.41, 5.74) is 6.48. The zero-order chi connectivity index (χ0) is 11.5. The van der Waals surface area contributed by atoms with E-state index in [-0.39, 0.29) is 5.91 Å². The average molecular weight is 239 g/mol. The summed E-state index contributed by atoms with van der Waals surface area (Å²) in [5, 5.41) is 0.999. The molecule has 2 N–H and O–H groups in total. The van der Waals surface area contributed by atoms with Gasteiger partial charge in [0.2, 0.25) is 0 Å². The molecule has 1 aromatic heterocycles. The molecule has 0 aromatic carbocycles. The minimum Gasteiger partial charge on any atom is -0.338 e. The van der Waals surface area contributed by atoms with Crippen molar-refractivity contribution < 1.29 is 4.79 Å². The van der Waals surface area contributed by atoms with Gasteiger partial charge in [-0.25, -0.2) is 4.98 Å². The highest BCUT2D eigenvalue weighted by Gasteiger charge is 2.27. The average Bonchev–Trinajstić information content (AvgIpc) is 2.67. The molecule has 1 aliphatic heterocycles. The van der Waals surface area contributed by atoms with Gasteiger partial charge in [-0.15, -0.1) is 11.3 Å². The van der Waals surface area contributed by atoms with Gasteiger partial charge < -0.3 is 10.6 Å². The first-order valence-corrected chi connectivity index (χ1v) is 6.55. The number of fused-ring (bicyclic) bond motifs is 1. The maximum atomic E-state index is 12.1. The third kappa shape index (κ3) is 2.10. The van der Waals surface area contributed by atoms with Crippen LogP contribution in [0.2, 0.25) is 0 Å². The van der Waals surface area contributed by atoms with Gasteiger partial charge in [-0.1, -0.05) is 6.92 Å². The van der Waals surface area contributed by atoms with Gasteiger partial charge in [0.1, 0.15) is 4.88 Å². The zero-order valence-corrected chi connectivity index (χ0v) is 10.3. The Kier molecular flexibility index (Phi) is 3.56. The zero-order valence-electron chi connectivity index (χ0n) is 9.53. The molecule has 2 rings (SSSR count). The second-order valence-electron chi connectivity index (χ2n) is 3.96. The molecule has 0 saturated carbocycles. The van der Waals surface area contributed by atoms with Crippen molar-refractivity contribution in [1.82, 2.24) is 9.88 Å². The minimum atomic E-state index is 0.156. The Morgan fingerprint density at radius 2 is 2.38 bits per heavy atom. The van der Waals surface area contributed by atoms with E-state index in [1.165, 1.54) is 11.3 Å². The maximum absolute atomic E-state index is 12.1. The topological polar surface area (TPSA) is 59.2 Å². The Morgan fingerprint density at radius 1 is 1.56 bits per heavy atom.